The Morgan fingerprint density at radius 1 is 1.73 bits per heavy atom. The van der Waals surface area contributed by atoms with E-state index in [2.05, 4.69) is 31.9 Å². The van der Waals surface area contributed by atoms with Gasteiger partial charge in [-0.2, -0.15) is 0 Å². The van der Waals surface area contributed by atoms with Gasteiger partial charge in [0, 0.05) is 9.81 Å². The molecule has 0 amide bonds. The average Bonchev–Trinajstić information content (AvgIpc) is 2.31. The summed E-state index contributed by atoms with van der Waals surface area (Å²) in [4.78, 5) is 10.9. The third kappa shape index (κ3) is 1.93. The zero-order chi connectivity index (χ0) is 8.43. The van der Waals surface area contributed by atoms with Crippen LogP contribution < -0.4 is 0 Å². The van der Waals surface area contributed by atoms with Gasteiger partial charge in [-0.1, -0.05) is 31.9 Å². The molecule has 11 heavy (non-hydrogen) atoms. The van der Waals surface area contributed by atoms with E-state index in [1.54, 1.807) is 6.08 Å². The second kappa shape index (κ2) is 3.54. The molecule has 60 valence electrons. The SMILES string of the molecule is C/C(Br)=C1\C=C(CBr)C(=O)O1. The summed E-state index contributed by atoms with van der Waals surface area (Å²) in [6.07, 6.45) is 1.72. The van der Waals surface area contributed by atoms with Crippen LogP contribution in [0.3, 0.4) is 0 Å². The summed E-state index contributed by atoms with van der Waals surface area (Å²) in [7, 11) is 0. The molecule has 0 spiro atoms. The van der Waals surface area contributed by atoms with Crippen LogP contribution in [-0.4, -0.2) is 11.3 Å². The maximum atomic E-state index is 10.9. The maximum absolute atomic E-state index is 10.9. The van der Waals surface area contributed by atoms with Crippen LogP contribution >= 0.6 is 31.9 Å². The lowest BCUT2D eigenvalue weighted by molar-refractivity contribution is -0.133. The minimum absolute atomic E-state index is 0.268. The fourth-order valence-electron chi connectivity index (χ4n) is 0.675. The smallest absolute Gasteiger partial charge is 0.340 e. The van der Waals surface area contributed by atoms with Gasteiger partial charge in [-0.05, 0) is 13.0 Å². The fourth-order valence-corrected chi connectivity index (χ4v) is 1.26. The lowest BCUT2D eigenvalue weighted by atomic mass is 10.3. The maximum Gasteiger partial charge on any atom is 0.340 e. The molecule has 0 fully saturated rings. The molecular weight excluding hydrogens is 276 g/mol. The average molecular weight is 282 g/mol. The summed E-state index contributed by atoms with van der Waals surface area (Å²) in [5, 5.41) is 0.537. The monoisotopic (exact) mass is 280 g/mol. The predicted molar refractivity (Wildman–Crippen MR) is 49.6 cm³/mol. The Hall–Kier alpha value is -0.0900. The highest BCUT2D eigenvalue weighted by Gasteiger charge is 2.20. The number of allylic oxidation sites excluding steroid dienone is 2. The molecule has 1 rings (SSSR count). The molecule has 4 heteroatoms. The lowest BCUT2D eigenvalue weighted by Gasteiger charge is -1.94. The molecule has 2 nitrogen and oxygen atoms in total. The van der Waals surface area contributed by atoms with Gasteiger partial charge in [-0.3, -0.25) is 0 Å². The highest BCUT2D eigenvalue weighted by Crippen LogP contribution is 2.23. The van der Waals surface area contributed by atoms with Crippen LogP contribution in [0.5, 0.6) is 0 Å². The van der Waals surface area contributed by atoms with E-state index in [0.29, 0.717) is 16.7 Å². The van der Waals surface area contributed by atoms with E-state index in [1.165, 1.54) is 0 Å². The molecule has 0 bridgehead atoms. The van der Waals surface area contributed by atoms with Crippen molar-refractivity contribution in [2.75, 3.05) is 5.33 Å². The van der Waals surface area contributed by atoms with Crippen LogP contribution in [0.4, 0.5) is 0 Å². The summed E-state index contributed by atoms with van der Waals surface area (Å²) in [5.41, 5.74) is 0.652. The van der Waals surface area contributed by atoms with Crippen LogP contribution in [0.1, 0.15) is 6.92 Å². The number of hydrogen-bond acceptors (Lipinski definition) is 2. The Morgan fingerprint density at radius 3 is 2.64 bits per heavy atom. The topological polar surface area (TPSA) is 26.3 Å². The van der Waals surface area contributed by atoms with Gasteiger partial charge in [0.2, 0.25) is 0 Å². The Morgan fingerprint density at radius 2 is 2.36 bits per heavy atom. The molecule has 0 aromatic rings. The number of ether oxygens (including phenoxy) is 1. The molecular formula is C7H6Br2O2. The molecule has 1 aliphatic heterocycles. The second-order valence-corrected chi connectivity index (χ2v) is 3.84. The van der Waals surface area contributed by atoms with Crippen molar-refractivity contribution in [2.45, 2.75) is 6.92 Å². The first-order chi connectivity index (χ1) is 5.15. The summed E-state index contributed by atoms with van der Waals surface area (Å²) >= 11 is 6.41. The van der Waals surface area contributed by atoms with Gasteiger partial charge >= 0.3 is 5.97 Å². The second-order valence-electron chi connectivity index (χ2n) is 2.09. The number of cyclic esters (lactones) is 1. The van der Waals surface area contributed by atoms with Crippen molar-refractivity contribution in [3.63, 3.8) is 0 Å². The molecule has 0 aliphatic carbocycles. The van der Waals surface area contributed by atoms with E-state index in [1.807, 2.05) is 6.92 Å². The summed E-state index contributed by atoms with van der Waals surface area (Å²) in [6, 6.07) is 0. The number of esters is 1. The third-order valence-corrected chi connectivity index (χ3v) is 2.25. The number of alkyl halides is 1. The van der Waals surface area contributed by atoms with Gasteiger partial charge < -0.3 is 4.74 Å². The Kier molecular flexibility index (Phi) is 2.90. The number of rotatable bonds is 1. The van der Waals surface area contributed by atoms with Crippen LogP contribution in [0.15, 0.2) is 21.9 Å². The van der Waals surface area contributed by atoms with Crippen LogP contribution in [0.2, 0.25) is 0 Å². The number of carbonyl (C=O) groups excluding carboxylic acids is 1. The standard InChI is InChI=1S/C7H6Br2O2/c1-4(9)6-2-5(3-8)7(10)11-6/h2H,3H2,1H3/b6-4-. The van der Waals surface area contributed by atoms with Crippen LogP contribution in [-0.2, 0) is 9.53 Å². The van der Waals surface area contributed by atoms with Gasteiger partial charge in [0.1, 0.15) is 5.76 Å². The minimum Gasteiger partial charge on any atom is -0.422 e. The largest absolute Gasteiger partial charge is 0.422 e. The van der Waals surface area contributed by atoms with E-state index in [4.69, 9.17) is 4.74 Å². The normalized spacial score (nSPS) is 21.4. The quantitative estimate of drug-likeness (QED) is 0.545. The summed E-state index contributed by atoms with van der Waals surface area (Å²) in [5.74, 6) is 0.333. The fraction of sp³-hybridized carbons (Fsp3) is 0.286. The first-order valence-corrected chi connectivity index (χ1v) is 4.91. The Labute approximate surface area is 81.6 Å². The molecule has 1 heterocycles. The van der Waals surface area contributed by atoms with Crippen LogP contribution in [0, 0.1) is 0 Å². The minimum atomic E-state index is -0.268. The van der Waals surface area contributed by atoms with Crippen molar-refractivity contribution >= 4 is 37.8 Å². The molecule has 0 unspecified atom stereocenters. The third-order valence-electron chi connectivity index (χ3n) is 1.25. The number of carbonyl (C=O) groups is 1. The molecule has 0 saturated carbocycles. The summed E-state index contributed by atoms with van der Waals surface area (Å²) in [6.45, 7) is 1.83. The van der Waals surface area contributed by atoms with Crippen molar-refractivity contribution in [3.8, 4) is 0 Å². The molecule has 0 aromatic carbocycles. The molecule has 0 radical (unpaired) electrons. The Bertz CT molecular complexity index is 249. The molecule has 0 atom stereocenters. The molecule has 0 aromatic heterocycles. The molecule has 0 saturated heterocycles. The first kappa shape index (κ1) is 9.00. The summed E-state index contributed by atoms with van der Waals surface area (Å²) < 4.78 is 5.73. The van der Waals surface area contributed by atoms with E-state index in [-0.39, 0.29) is 5.97 Å². The van der Waals surface area contributed by atoms with Crippen LogP contribution in [0.25, 0.3) is 0 Å². The zero-order valence-electron chi connectivity index (χ0n) is 5.86. The molecule has 0 N–H and O–H groups in total. The van der Waals surface area contributed by atoms with Crippen molar-refractivity contribution in [1.29, 1.82) is 0 Å². The van der Waals surface area contributed by atoms with Gasteiger partial charge in [0.05, 0.1) is 5.57 Å². The van der Waals surface area contributed by atoms with Crippen molar-refractivity contribution < 1.29 is 9.53 Å². The van der Waals surface area contributed by atoms with Crippen molar-refractivity contribution in [3.05, 3.63) is 21.9 Å². The van der Waals surface area contributed by atoms with Crippen molar-refractivity contribution in [1.82, 2.24) is 0 Å². The van der Waals surface area contributed by atoms with E-state index in [0.717, 1.165) is 4.48 Å². The first-order valence-electron chi connectivity index (χ1n) is 3.00. The van der Waals surface area contributed by atoms with Gasteiger partial charge in [-0.15, -0.1) is 0 Å². The number of halogens is 2. The van der Waals surface area contributed by atoms with Gasteiger partial charge in [0.25, 0.3) is 0 Å². The Balaban J connectivity index is 2.92. The van der Waals surface area contributed by atoms with Gasteiger partial charge in [0.15, 0.2) is 0 Å². The highest BCUT2D eigenvalue weighted by molar-refractivity contribution is 9.11. The number of hydrogen-bond donors (Lipinski definition) is 0. The molecule has 1 aliphatic rings. The van der Waals surface area contributed by atoms with E-state index < -0.39 is 0 Å². The van der Waals surface area contributed by atoms with Crippen molar-refractivity contribution in [2.24, 2.45) is 0 Å². The van der Waals surface area contributed by atoms with E-state index in [9.17, 15) is 4.79 Å². The lowest BCUT2D eigenvalue weighted by Crippen LogP contribution is -1.99. The highest BCUT2D eigenvalue weighted by atomic mass is 79.9. The van der Waals surface area contributed by atoms with Gasteiger partial charge in [-0.25, -0.2) is 4.79 Å². The predicted octanol–water partition coefficient (Wildman–Crippen LogP) is 2.49. The van der Waals surface area contributed by atoms with E-state index >= 15 is 0 Å². The zero-order valence-corrected chi connectivity index (χ0v) is 9.03.